The smallest absolute Gasteiger partial charge is 0.309 e. The van der Waals surface area contributed by atoms with Crippen molar-refractivity contribution in [3.8, 4) is 5.75 Å². The first kappa shape index (κ1) is 26.9. The molecule has 0 N–H and O–H groups in total. The fourth-order valence-electron chi connectivity index (χ4n) is 5.65. The quantitative estimate of drug-likeness (QED) is 0.408. The number of sulfonamides is 1. The van der Waals surface area contributed by atoms with Gasteiger partial charge in [0, 0.05) is 31.8 Å². The Hall–Kier alpha value is -3.70. The number of ether oxygens (including phenoxy) is 3. The van der Waals surface area contributed by atoms with Crippen LogP contribution in [0.1, 0.15) is 29.9 Å². The molecule has 3 atom stereocenters. The number of hydrogen-bond donors (Lipinski definition) is 0. The summed E-state index contributed by atoms with van der Waals surface area (Å²) >= 11 is 0. The second-order valence-corrected chi connectivity index (χ2v) is 11.8. The maximum absolute atomic E-state index is 13.7. The number of aromatic nitrogens is 2. The number of benzene rings is 2. The Bertz CT molecular complexity index is 1530. The van der Waals surface area contributed by atoms with Gasteiger partial charge in [-0.2, -0.15) is 8.42 Å². The monoisotopic (exact) mass is 555 g/mol. The van der Waals surface area contributed by atoms with Crippen molar-refractivity contribution in [2.24, 2.45) is 13.0 Å². The van der Waals surface area contributed by atoms with Crippen molar-refractivity contribution >= 4 is 27.3 Å². The second-order valence-electron chi connectivity index (χ2n) is 9.85. The van der Waals surface area contributed by atoms with Crippen LogP contribution in [0.4, 0.5) is 10.1 Å². The first-order chi connectivity index (χ1) is 18.6. The highest BCUT2D eigenvalue weighted by Crippen LogP contribution is 2.54. The fourth-order valence-corrected chi connectivity index (χ4v) is 6.80. The standard InChI is InChI=1S/C28H30FN3O6S/c1-31-15-25(30-17-31)39(34,35)32(2)21-9-10-24(36-3)23(13-21)19-14-28(38-16-19)12-11-22(27(33)37-4)26(28)18-5-7-20(29)8-6-18/h5-10,13-15,17,22,26H,11-12,16H2,1-4H3/t22-,26+,28+/m0/s1. The van der Waals surface area contributed by atoms with E-state index in [1.807, 2.05) is 6.08 Å². The number of methoxy groups -OCH3 is 2. The van der Waals surface area contributed by atoms with E-state index in [9.17, 15) is 17.6 Å². The molecule has 3 aromatic rings. The number of carbonyl (C=O) groups is 1. The van der Waals surface area contributed by atoms with Crippen LogP contribution in [-0.4, -0.2) is 57.4 Å². The summed E-state index contributed by atoms with van der Waals surface area (Å²) in [6, 6.07) is 11.2. The van der Waals surface area contributed by atoms with Gasteiger partial charge in [-0.15, -0.1) is 0 Å². The maximum atomic E-state index is 13.7. The van der Waals surface area contributed by atoms with Gasteiger partial charge in [-0.1, -0.05) is 12.1 Å². The van der Waals surface area contributed by atoms with Crippen molar-refractivity contribution in [1.29, 1.82) is 0 Å². The predicted octanol–water partition coefficient (Wildman–Crippen LogP) is 3.91. The van der Waals surface area contributed by atoms with Crippen molar-refractivity contribution in [3.05, 3.63) is 78.0 Å². The van der Waals surface area contributed by atoms with Gasteiger partial charge in [0.15, 0.2) is 5.03 Å². The van der Waals surface area contributed by atoms with Crippen LogP contribution in [0.2, 0.25) is 0 Å². The summed E-state index contributed by atoms with van der Waals surface area (Å²) in [5.41, 5.74) is 1.86. The number of hydrogen-bond acceptors (Lipinski definition) is 7. The highest BCUT2D eigenvalue weighted by atomic mass is 32.2. The van der Waals surface area contributed by atoms with Gasteiger partial charge in [-0.05, 0) is 60.4 Å². The number of nitrogens with zero attached hydrogens (tertiary/aromatic N) is 3. The molecule has 1 spiro atoms. The van der Waals surface area contributed by atoms with Crippen molar-refractivity contribution < 1.29 is 31.8 Å². The molecule has 2 aromatic carbocycles. The molecule has 2 aliphatic rings. The summed E-state index contributed by atoms with van der Waals surface area (Å²) < 4.78 is 60.0. The molecule has 0 saturated heterocycles. The number of anilines is 1. The third-order valence-corrected chi connectivity index (χ3v) is 9.29. The molecule has 5 rings (SSSR count). The van der Waals surface area contributed by atoms with E-state index < -0.39 is 21.5 Å². The van der Waals surface area contributed by atoms with Gasteiger partial charge in [-0.25, -0.2) is 9.37 Å². The predicted molar refractivity (Wildman–Crippen MR) is 142 cm³/mol. The lowest BCUT2D eigenvalue weighted by Crippen LogP contribution is -2.34. The molecule has 0 bridgehead atoms. The SMILES string of the molecule is COC(=O)[C@H]1CC[C@@]2(C=C(c3cc(N(C)S(=O)(=O)c4cn(C)cn4)ccc3OC)CO2)[C@@H]1c1ccc(F)cc1. The Morgan fingerprint density at radius 3 is 2.59 bits per heavy atom. The molecule has 1 aromatic heterocycles. The van der Waals surface area contributed by atoms with Crippen LogP contribution in [0.3, 0.4) is 0 Å². The van der Waals surface area contributed by atoms with Gasteiger partial charge >= 0.3 is 5.97 Å². The van der Waals surface area contributed by atoms with E-state index in [0.717, 1.165) is 11.1 Å². The van der Waals surface area contributed by atoms with E-state index in [1.54, 1.807) is 49.1 Å². The van der Waals surface area contributed by atoms with Gasteiger partial charge in [-0.3, -0.25) is 9.10 Å². The number of carbonyl (C=O) groups excluding carboxylic acids is 1. The highest BCUT2D eigenvalue weighted by Gasteiger charge is 2.54. The maximum Gasteiger partial charge on any atom is 0.309 e. The van der Waals surface area contributed by atoms with Gasteiger partial charge in [0.05, 0.1) is 44.4 Å². The topological polar surface area (TPSA) is 100.0 Å². The lowest BCUT2D eigenvalue weighted by molar-refractivity contribution is -0.146. The largest absolute Gasteiger partial charge is 0.496 e. The average molecular weight is 556 g/mol. The molecular formula is C28H30FN3O6S. The number of halogens is 1. The molecule has 206 valence electrons. The zero-order valence-corrected chi connectivity index (χ0v) is 22.9. The minimum absolute atomic E-state index is 0.0609. The van der Waals surface area contributed by atoms with Gasteiger partial charge in [0.1, 0.15) is 11.6 Å². The molecule has 1 aliphatic carbocycles. The molecule has 9 nitrogen and oxygen atoms in total. The molecule has 2 heterocycles. The van der Waals surface area contributed by atoms with E-state index in [1.165, 1.54) is 43.1 Å². The number of esters is 1. The summed E-state index contributed by atoms with van der Waals surface area (Å²) in [6.45, 7) is 0.224. The summed E-state index contributed by atoms with van der Waals surface area (Å²) in [5.74, 6) is -0.999. The molecule has 0 amide bonds. The third-order valence-electron chi connectivity index (χ3n) is 7.62. The zero-order valence-electron chi connectivity index (χ0n) is 22.1. The molecule has 1 saturated carbocycles. The van der Waals surface area contributed by atoms with E-state index in [2.05, 4.69) is 4.98 Å². The van der Waals surface area contributed by atoms with E-state index in [-0.39, 0.29) is 29.3 Å². The van der Waals surface area contributed by atoms with E-state index in [4.69, 9.17) is 14.2 Å². The lowest BCUT2D eigenvalue weighted by atomic mass is 9.79. The molecule has 0 unspecified atom stereocenters. The number of imidazole rings is 1. The molecule has 11 heteroatoms. The van der Waals surface area contributed by atoms with Gasteiger partial charge in [0.25, 0.3) is 10.0 Å². The average Bonchev–Trinajstić information content (AvgIpc) is 3.67. The van der Waals surface area contributed by atoms with Gasteiger partial charge < -0.3 is 18.8 Å². The normalized spacial score (nSPS) is 22.6. The van der Waals surface area contributed by atoms with Crippen LogP contribution >= 0.6 is 0 Å². The van der Waals surface area contributed by atoms with Crippen LogP contribution < -0.4 is 9.04 Å². The van der Waals surface area contributed by atoms with Crippen molar-refractivity contribution in [2.75, 3.05) is 32.2 Å². The third kappa shape index (κ3) is 4.70. The molecule has 0 radical (unpaired) electrons. The second kappa shape index (κ2) is 10.1. The Labute approximate surface area is 226 Å². The Morgan fingerprint density at radius 2 is 1.95 bits per heavy atom. The van der Waals surface area contributed by atoms with Crippen LogP contribution in [0, 0.1) is 11.7 Å². The lowest BCUT2D eigenvalue weighted by Gasteiger charge is -2.31. The summed E-state index contributed by atoms with van der Waals surface area (Å²) in [5, 5.41) is -0.0609. The molecule has 1 aliphatic heterocycles. The minimum Gasteiger partial charge on any atom is -0.496 e. The summed E-state index contributed by atoms with van der Waals surface area (Å²) in [4.78, 5) is 16.7. The number of rotatable bonds is 7. The molecule has 39 heavy (non-hydrogen) atoms. The van der Waals surface area contributed by atoms with Gasteiger partial charge in [0.2, 0.25) is 0 Å². The Kier molecular flexibility index (Phi) is 6.98. The van der Waals surface area contributed by atoms with Crippen LogP contribution in [0.15, 0.2) is 66.1 Å². The van der Waals surface area contributed by atoms with Crippen molar-refractivity contribution in [2.45, 2.75) is 29.4 Å². The first-order valence-corrected chi connectivity index (χ1v) is 13.9. The van der Waals surface area contributed by atoms with Crippen molar-refractivity contribution in [3.63, 3.8) is 0 Å². The Morgan fingerprint density at radius 1 is 1.21 bits per heavy atom. The van der Waals surface area contributed by atoms with E-state index in [0.29, 0.717) is 29.8 Å². The van der Waals surface area contributed by atoms with Crippen LogP contribution in [0.25, 0.3) is 5.57 Å². The van der Waals surface area contributed by atoms with Crippen LogP contribution in [0.5, 0.6) is 5.75 Å². The summed E-state index contributed by atoms with van der Waals surface area (Å²) in [6.07, 6.45) is 5.98. The van der Waals surface area contributed by atoms with E-state index >= 15 is 0 Å². The molecular weight excluding hydrogens is 525 g/mol. The zero-order chi connectivity index (χ0) is 27.9. The van der Waals surface area contributed by atoms with Crippen molar-refractivity contribution in [1.82, 2.24) is 9.55 Å². The Balaban J connectivity index is 1.55. The highest BCUT2D eigenvalue weighted by molar-refractivity contribution is 7.92. The fraction of sp³-hybridized carbons (Fsp3) is 0.357. The first-order valence-electron chi connectivity index (χ1n) is 12.4. The minimum atomic E-state index is -3.89. The summed E-state index contributed by atoms with van der Waals surface area (Å²) in [7, 11) is 2.18. The van der Waals surface area contributed by atoms with Crippen LogP contribution in [-0.2, 0) is 31.3 Å². The molecule has 1 fully saturated rings. The number of aryl methyl sites for hydroxylation is 1.